The fourth-order valence-corrected chi connectivity index (χ4v) is 2.60. The van der Waals surface area contributed by atoms with Crippen LogP contribution in [0.25, 0.3) is 5.82 Å². The number of hydrogen-bond acceptors (Lipinski definition) is 6. The zero-order chi connectivity index (χ0) is 16.2. The Labute approximate surface area is 135 Å². The highest BCUT2D eigenvalue weighted by Crippen LogP contribution is 2.15. The summed E-state index contributed by atoms with van der Waals surface area (Å²) in [6.07, 6.45) is 3.66. The number of anilines is 1. The highest BCUT2D eigenvalue weighted by molar-refractivity contribution is 5.76. The molecular formula is C15H21N7O. The second-order valence-corrected chi connectivity index (χ2v) is 6.06. The van der Waals surface area contributed by atoms with E-state index in [0.29, 0.717) is 18.2 Å². The Morgan fingerprint density at radius 1 is 1.13 bits per heavy atom. The SMILES string of the molecule is CC(C)CC(=O)N1CCN(c2ccc(-n3cncn3)nn2)CC1. The molecule has 1 fully saturated rings. The molecule has 1 amide bonds. The van der Waals surface area contributed by atoms with Crippen LogP contribution in [-0.2, 0) is 4.79 Å². The molecule has 23 heavy (non-hydrogen) atoms. The van der Waals surface area contributed by atoms with Gasteiger partial charge in [0, 0.05) is 32.6 Å². The Hall–Kier alpha value is -2.51. The molecule has 2 aromatic heterocycles. The lowest BCUT2D eigenvalue weighted by Gasteiger charge is -2.35. The van der Waals surface area contributed by atoms with Crippen LogP contribution in [-0.4, -0.2) is 61.9 Å². The van der Waals surface area contributed by atoms with Crippen molar-refractivity contribution in [1.29, 1.82) is 0 Å². The minimum Gasteiger partial charge on any atom is -0.352 e. The molecule has 1 saturated heterocycles. The fraction of sp³-hybridized carbons (Fsp3) is 0.533. The number of carbonyl (C=O) groups excluding carboxylic acids is 1. The Kier molecular flexibility index (Phi) is 4.50. The van der Waals surface area contributed by atoms with Crippen molar-refractivity contribution in [2.75, 3.05) is 31.1 Å². The van der Waals surface area contributed by atoms with Gasteiger partial charge in [0.1, 0.15) is 12.7 Å². The maximum atomic E-state index is 12.1. The lowest BCUT2D eigenvalue weighted by molar-refractivity contribution is -0.132. The standard InChI is InChI=1S/C15H21N7O/c1-12(2)9-15(23)21-7-5-20(6-8-21)13-3-4-14(19-18-13)22-11-16-10-17-22/h3-4,10-12H,5-9H2,1-2H3. The van der Waals surface area contributed by atoms with Crippen molar-refractivity contribution in [3.63, 3.8) is 0 Å². The Morgan fingerprint density at radius 2 is 1.83 bits per heavy atom. The molecule has 8 heteroatoms. The summed E-state index contributed by atoms with van der Waals surface area (Å²) in [5.41, 5.74) is 0. The summed E-state index contributed by atoms with van der Waals surface area (Å²) in [6, 6.07) is 3.79. The summed E-state index contributed by atoms with van der Waals surface area (Å²) in [6.45, 7) is 7.17. The quantitative estimate of drug-likeness (QED) is 0.828. The van der Waals surface area contributed by atoms with Gasteiger partial charge in [0.2, 0.25) is 5.91 Å². The van der Waals surface area contributed by atoms with Crippen LogP contribution >= 0.6 is 0 Å². The van der Waals surface area contributed by atoms with E-state index in [1.54, 1.807) is 11.0 Å². The average Bonchev–Trinajstić information content (AvgIpc) is 3.09. The molecule has 0 radical (unpaired) electrons. The van der Waals surface area contributed by atoms with Crippen molar-refractivity contribution in [2.45, 2.75) is 20.3 Å². The molecule has 0 bridgehead atoms. The van der Waals surface area contributed by atoms with Crippen molar-refractivity contribution in [3.8, 4) is 5.82 Å². The third kappa shape index (κ3) is 3.64. The molecule has 0 aromatic carbocycles. The molecule has 3 rings (SSSR count). The minimum atomic E-state index is 0.243. The van der Waals surface area contributed by atoms with Crippen LogP contribution in [0.4, 0.5) is 5.82 Å². The predicted molar refractivity (Wildman–Crippen MR) is 85.2 cm³/mol. The third-order valence-corrected chi connectivity index (χ3v) is 3.83. The van der Waals surface area contributed by atoms with Gasteiger partial charge in [0.15, 0.2) is 11.6 Å². The maximum absolute atomic E-state index is 12.1. The van der Waals surface area contributed by atoms with E-state index in [2.05, 4.69) is 39.0 Å². The van der Waals surface area contributed by atoms with Crippen LogP contribution in [0.5, 0.6) is 0 Å². The maximum Gasteiger partial charge on any atom is 0.222 e. The van der Waals surface area contributed by atoms with E-state index in [9.17, 15) is 4.79 Å². The number of nitrogens with zero attached hydrogens (tertiary/aromatic N) is 7. The molecule has 1 aliphatic heterocycles. The van der Waals surface area contributed by atoms with E-state index in [1.807, 2.05) is 17.0 Å². The van der Waals surface area contributed by atoms with Crippen molar-refractivity contribution in [1.82, 2.24) is 29.9 Å². The van der Waals surface area contributed by atoms with Gasteiger partial charge in [-0.15, -0.1) is 10.2 Å². The van der Waals surface area contributed by atoms with Crippen LogP contribution in [0.2, 0.25) is 0 Å². The normalized spacial score (nSPS) is 15.3. The van der Waals surface area contributed by atoms with Gasteiger partial charge in [-0.2, -0.15) is 5.10 Å². The van der Waals surface area contributed by atoms with Crippen LogP contribution < -0.4 is 4.90 Å². The number of hydrogen-bond donors (Lipinski definition) is 0. The Bertz CT molecular complexity index is 630. The summed E-state index contributed by atoms with van der Waals surface area (Å²) in [5, 5.41) is 12.5. The molecule has 0 saturated carbocycles. The van der Waals surface area contributed by atoms with Crippen LogP contribution in [0.1, 0.15) is 20.3 Å². The predicted octanol–water partition coefficient (Wildman–Crippen LogP) is 0.752. The van der Waals surface area contributed by atoms with E-state index in [0.717, 1.165) is 32.0 Å². The first-order valence-electron chi connectivity index (χ1n) is 7.85. The molecular weight excluding hydrogens is 294 g/mol. The zero-order valence-corrected chi connectivity index (χ0v) is 13.5. The molecule has 8 nitrogen and oxygen atoms in total. The first kappa shape index (κ1) is 15.4. The molecule has 3 heterocycles. The second kappa shape index (κ2) is 6.72. The van der Waals surface area contributed by atoms with Crippen LogP contribution in [0.3, 0.4) is 0 Å². The van der Waals surface area contributed by atoms with Gasteiger partial charge in [0.25, 0.3) is 0 Å². The van der Waals surface area contributed by atoms with Gasteiger partial charge in [-0.1, -0.05) is 13.8 Å². The highest BCUT2D eigenvalue weighted by Gasteiger charge is 2.22. The highest BCUT2D eigenvalue weighted by atomic mass is 16.2. The molecule has 0 spiro atoms. The molecule has 2 aromatic rings. The van der Waals surface area contributed by atoms with Crippen molar-refractivity contribution in [3.05, 3.63) is 24.8 Å². The number of piperazine rings is 1. The zero-order valence-electron chi connectivity index (χ0n) is 13.5. The van der Waals surface area contributed by atoms with E-state index in [4.69, 9.17) is 0 Å². The fourth-order valence-electron chi connectivity index (χ4n) is 2.60. The number of amides is 1. The van der Waals surface area contributed by atoms with Gasteiger partial charge >= 0.3 is 0 Å². The second-order valence-electron chi connectivity index (χ2n) is 6.06. The molecule has 122 valence electrons. The van der Waals surface area contributed by atoms with E-state index < -0.39 is 0 Å². The van der Waals surface area contributed by atoms with Gasteiger partial charge in [-0.05, 0) is 18.1 Å². The molecule has 0 atom stereocenters. The van der Waals surface area contributed by atoms with Crippen LogP contribution in [0.15, 0.2) is 24.8 Å². The van der Waals surface area contributed by atoms with Crippen molar-refractivity contribution in [2.24, 2.45) is 5.92 Å². The summed E-state index contributed by atoms with van der Waals surface area (Å²) in [5.74, 6) is 2.10. The smallest absolute Gasteiger partial charge is 0.222 e. The van der Waals surface area contributed by atoms with Crippen LogP contribution in [0, 0.1) is 5.92 Å². The lowest BCUT2D eigenvalue weighted by Crippen LogP contribution is -2.49. The molecule has 0 unspecified atom stereocenters. The van der Waals surface area contributed by atoms with E-state index >= 15 is 0 Å². The number of carbonyl (C=O) groups is 1. The van der Waals surface area contributed by atoms with E-state index in [1.165, 1.54) is 6.33 Å². The monoisotopic (exact) mass is 315 g/mol. The van der Waals surface area contributed by atoms with E-state index in [-0.39, 0.29) is 5.91 Å². The Balaban J connectivity index is 1.58. The Morgan fingerprint density at radius 3 is 2.39 bits per heavy atom. The average molecular weight is 315 g/mol. The third-order valence-electron chi connectivity index (χ3n) is 3.83. The summed E-state index contributed by atoms with van der Waals surface area (Å²) < 4.78 is 1.57. The largest absolute Gasteiger partial charge is 0.352 e. The number of aromatic nitrogens is 5. The van der Waals surface area contributed by atoms with Gasteiger partial charge in [0.05, 0.1) is 0 Å². The molecule has 0 N–H and O–H groups in total. The first-order chi connectivity index (χ1) is 11.1. The van der Waals surface area contributed by atoms with Crippen molar-refractivity contribution >= 4 is 11.7 Å². The topological polar surface area (TPSA) is 80.0 Å². The van der Waals surface area contributed by atoms with Gasteiger partial charge in [-0.25, -0.2) is 9.67 Å². The summed E-state index contributed by atoms with van der Waals surface area (Å²) in [7, 11) is 0. The molecule has 0 aliphatic carbocycles. The minimum absolute atomic E-state index is 0.243. The summed E-state index contributed by atoms with van der Waals surface area (Å²) >= 11 is 0. The number of rotatable bonds is 4. The lowest BCUT2D eigenvalue weighted by atomic mass is 10.1. The van der Waals surface area contributed by atoms with Gasteiger partial charge < -0.3 is 9.80 Å². The molecule has 1 aliphatic rings. The summed E-state index contributed by atoms with van der Waals surface area (Å²) in [4.78, 5) is 20.1. The van der Waals surface area contributed by atoms with Gasteiger partial charge in [-0.3, -0.25) is 4.79 Å². The van der Waals surface area contributed by atoms with Crippen molar-refractivity contribution < 1.29 is 4.79 Å². The first-order valence-corrected chi connectivity index (χ1v) is 7.85.